The molecular formula is C16H15NO2. The van der Waals surface area contributed by atoms with Gasteiger partial charge < -0.3 is 14.4 Å². The van der Waals surface area contributed by atoms with E-state index in [-0.39, 0.29) is 6.61 Å². The third-order valence-electron chi connectivity index (χ3n) is 3.28. The predicted molar refractivity (Wildman–Crippen MR) is 75.7 cm³/mol. The van der Waals surface area contributed by atoms with E-state index in [4.69, 9.17) is 4.74 Å². The number of hydrogen-bond acceptors (Lipinski definition) is 2. The first-order valence-electron chi connectivity index (χ1n) is 6.19. The molecule has 1 N–H and O–H groups in total. The largest absolute Gasteiger partial charge is 0.496 e. The summed E-state index contributed by atoms with van der Waals surface area (Å²) >= 11 is 0. The monoisotopic (exact) mass is 253 g/mol. The summed E-state index contributed by atoms with van der Waals surface area (Å²) in [5.74, 6) is 0.821. The first-order chi connectivity index (χ1) is 9.35. The molecule has 3 rings (SSSR count). The molecule has 0 bridgehead atoms. The first-order valence-corrected chi connectivity index (χ1v) is 6.19. The van der Waals surface area contributed by atoms with Crippen LogP contribution in [0.15, 0.2) is 54.6 Å². The van der Waals surface area contributed by atoms with Crippen LogP contribution in [-0.2, 0) is 6.61 Å². The Morgan fingerprint density at radius 1 is 1.05 bits per heavy atom. The summed E-state index contributed by atoms with van der Waals surface area (Å²) in [7, 11) is 1.66. The molecule has 0 atom stereocenters. The van der Waals surface area contributed by atoms with Gasteiger partial charge in [0.25, 0.3) is 0 Å². The van der Waals surface area contributed by atoms with Crippen LogP contribution in [0.2, 0.25) is 0 Å². The standard InChI is InChI=1S/C16H15NO2/c1-19-16-9-5-8-15-14(16)10-13(11-18)17(15)12-6-3-2-4-7-12/h2-10,18H,11H2,1H3. The highest BCUT2D eigenvalue weighted by Crippen LogP contribution is 2.31. The number of aliphatic hydroxyl groups excluding tert-OH is 1. The van der Waals surface area contributed by atoms with Gasteiger partial charge in [-0.25, -0.2) is 0 Å². The Bertz CT molecular complexity index is 701. The van der Waals surface area contributed by atoms with Crippen LogP contribution in [-0.4, -0.2) is 16.8 Å². The van der Waals surface area contributed by atoms with Gasteiger partial charge in [0, 0.05) is 16.8 Å². The lowest BCUT2D eigenvalue weighted by Gasteiger charge is -2.09. The normalized spacial score (nSPS) is 10.8. The lowest BCUT2D eigenvalue weighted by atomic mass is 10.2. The lowest BCUT2D eigenvalue weighted by molar-refractivity contribution is 0.275. The first kappa shape index (κ1) is 11.8. The van der Waals surface area contributed by atoms with E-state index >= 15 is 0 Å². The van der Waals surface area contributed by atoms with Crippen LogP contribution in [0.4, 0.5) is 0 Å². The van der Waals surface area contributed by atoms with Crippen LogP contribution in [0.1, 0.15) is 5.69 Å². The van der Waals surface area contributed by atoms with Crippen molar-refractivity contribution in [3.8, 4) is 11.4 Å². The fraction of sp³-hybridized carbons (Fsp3) is 0.125. The van der Waals surface area contributed by atoms with Crippen molar-refractivity contribution in [2.75, 3.05) is 7.11 Å². The Labute approximate surface area is 111 Å². The quantitative estimate of drug-likeness (QED) is 0.778. The molecule has 3 heteroatoms. The molecule has 0 unspecified atom stereocenters. The number of hydrogen-bond donors (Lipinski definition) is 1. The third-order valence-corrected chi connectivity index (χ3v) is 3.28. The van der Waals surface area contributed by atoms with E-state index in [2.05, 4.69) is 4.57 Å². The molecule has 0 fully saturated rings. The van der Waals surface area contributed by atoms with Gasteiger partial charge in [-0.3, -0.25) is 0 Å². The maximum atomic E-state index is 9.58. The highest BCUT2D eigenvalue weighted by molar-refractivity contribution is 5.89. The Morgan fingerprint density at radius 2 is 1.84 bits per heavy atom. The van der Waals surface area contributed by atoms with Gasteiger partial charge in [0.05, 0.1) is 19.2 Å². The molecule has 96 valence electrons. The molecule has 3 aromatic rings. The van der Waals surface area contributed by atoms with Gasteiger partial charge in [-0.05, 0) is 30.3 Å². The van der Waals surface area contributed by atoms with Gasteiger partial charge in [-0.1, -0.05) is 24.3 Å². The molecular weight excluding hydrogens is 238 g/mol. The minimum Gasteiger partial charge on any atom is -0.496 e. The molecule has 2 aromatic carbocycles. The van der Waals surface area contributed by atoms with Crippen LogP contribution in [0.5, 0.6) is 5.75 Å². The van der Waals surface area contributed by atoms with Crippen molar-refractivity contribution in [2.24, 2.45) is 0 Å². The van der Waals surface area contributed by atoms with Gasteiger partial charge in [-0.15, -0.1) is 0 Å². The van der Waals surface area contributed by atoms with Crippen LogP contribution < -0.4 is 4.74 Å². The van der Waals surface area contributed by atoms with Gasteiger partial charge in [0.2, 0.25) is 0 Å². The summed E-state index contributed by atoms with van der Waals surface area (Å²) < 4.78 is 7.43. The van der Waals surface area contributed by atoms with E-state index < -0.39 is 0 Å². The molecule has 1 heterocycles. The average molecular weight is 253 g/mol. The fourth-order valence-corrected chi connectivity index (χ4v) is 2.43. The van der Waals surface area contributed by atoms with E-state index in [0.717, 1.165) is 28.0 Å². The summed E-state index contributed by atoms with van der Waals surface area (Å²) in [6.07, 6.45) is 0. The van der Waals surface area contributed by atoms with Crippen molar-refractivity contribution >= 4 is 10.9 Å². The smallest absolute Gasteiger partial charge is 0.128 e. The third kappa shape index (κ3) is 1.88. The zero-order chi connectivity index (χ0) is 13.2. The van der Waals surface area contributed by atoms with Crippen molar-refractivity contribution in [3.63, 3.8) is 0 Å². The topological polar surface area (TPSA) is 34.4 Å². The second-order valence-electron chi connectivity index (χ2n) is 4.36. The van der Waals surface area contributed by atoms with Crippen LogP contribution in [0, 0.1) is 0 Å². The Morgan fingerprint density at radius 3 is 2.53 bits per heavy atom. The van der Waals surface area contributed by atoms with Crippen molar-refractivity contribution in [2.45, 2.75) is 6.61 Å². The van der Waals surface area contributed by atoms with Gasteiger partial charge in [-0.2, -0.15) is 0 Å². The minimum absolute atomic E-state index is 0.00721. The number of methoxy groups -OCH3 is 1. The number of para-hydroxylation sites is 1. The number of aromatic nitrogens is 1. The molecule has 19 heavy (non-hydrogen) atoms. The summed E-state index contributed by atoms with van der Waals surface area (Å²) in [5.41, 5.74) is 2.93. The molecule has 0 amide bonds. The van der Waals surface area contributed by atoms with Crippen molar-refractivity contribution in [3.05, 3.63) is 60.3 Å². The predicted octanol–water partition coefficient (Wildman–Crippen LogP) is 3.13. The number of rotatable bonds is 3. The van der Waals surface area contributed by atoms with Crippen molar-refractivity contribution in [1.29, 1.82) is 0 Å². The highest BCUT2D eigenvalue weighted by atomic mass is 16.5. The van der Waals surface area contributed by atoms with Gasteiger partial charge in [0.1, 0.15) is 5.75 Å². The maximum absolute atomic E-state index is 9.58. The molecule has 0 saturated heterocycles. The second kappa shape index (κ2) is 4.78. The summed E-state index contributed by atoms with van der Waals surface area (Å²) in [5, 5.41) is 10.6. The Balaban J connectivity index is 2.34. The minimum atomic E-state index is -0.00721. The number of nitrogens with zero attached hydrogens (tertiary/aromatic N) is 1. The van der Waals surface area contributed by atoms with Crippen molar-refractivity contribution < 1.29 is 9.84 Å². The highest BCUT2D eigenvalue weighted by Gasteiger charge is 2.12. The maximum Gasteiger partial charge on any atom is 0.128 e. The summed E-state index contributed by atoms with van der Waals surface area (Å²) in [6.45, 7) is -0.00721. The fourth-order valence-electron chi connectivity index (χ4n) is 2.43. The van der Waals surface area contributed by atoms with E-state index in [1.165, 1.54) is 0 Å². The molecule has 3 nitrogen and oxygen atoms in total. The van der Waals surface area contributed by atoms with Crippen molar-refractivity contribution in [1.82, 2.24) is 4.57 Å². The van der Waals surface area contributed by atoms with E-state index in [9.17, 15) is 5.11 Å². The zero-order valence-corrected chi connectivity index (χ0v) is 10.7. The van der Waals surface area contributed by atoms with E-state index in [1.807, 2.05) is 54.6 Å². The summed E-state index contributed by atoms with van der Waals surface area (Å²) in [6, 6.07) is 17.9. The number of benzene rings is 2. The Hall–Kier alpha value is -2.26. The lowest BCUT2D eigenvalue weighted by Crippen LogP contribution is -1.99. The van der Waals surface area contributed by atoms with Crippen LogP contribution in [0.25, 0.3) is 16.6 Å². The van der Waals surface area contributed by atoms with E-state index in [1.54, 1.807) is 7.11 Å². The molecule has 1 aromatic heterocycles. The van der Waals surface area contributed by atoms with Gasteiger partial charge >= 0.3 is 0 Å². The van der Waals surface area contributed by atoms with Crippen LogP contribution in [0.3, 0.4) is 0 Å². The zero-order valence-electron chi connectivity index (χ0n) is 10.7. The molecule has 0 spiro atoms. The molecule has 0 aliphatic rings. The SMILES string of the molecule is COc1cccc2c1cc(CO)n2-c1ccccc1. The molecule has 0 radical (unpaired) electrons. The van der Waals surface area contributed by atoms with E-state index in [0.29, 0.717) is 0 Å². The Kier molecular flexibility index (Phi) is 2.97. The second-order valence-corrected chi connectivity index (χ2v) is 4.36. The molecule has 0 saturated carbocycles. The summed E-state index contributed by atoms with van der Waals surface area (Å²) in [4.78, 5) is 0. The molecule has 0 aliphatic carbocycles. The molecule has 0 aliphatic heterocycles. The number of aliphatic hydroxyl groups is 1. The number of fused-ring (bicyclic) bond motifs is 1. The van der Waals surface area contributed by atoms with Gasteiger partial charge in [0.15, 0.2) is 0 Å². The number of ether oxygens (including phenoxy) is 1. The average Bonchev–Trinajstić information content (AvgIpc) is 2.86. The van der Waals surface area contributed by atoms with Crippen LogP contribution >= 0.6 is 0 Å².